The molecule has 0 aliphatic carbocycles. The van der Waals surface area contributed by atoms with E-state index in [2.05, 4.69) is 16.7 Å². The Morgan fingerprint density at radius 1 is 1.60 bits per heavy atom. The molecule has 2 heterocycles. The highest BCUT2D eigenvalue weighted by Gasteiger charge is 2.19. The minimum atomic E-state index is 0.0926. The lowest BCUT2D eigenvalue weighted by Crippen LogP contribution is -2.29. The Morgan fingerprint density at radius 3 is 3.60 bits per heavy atom. The molecule has 3 heteroatoms. The first-order chi connectivity index (χ1) is 4.97. The van der Waals surface area contributed by atoms with E-state index in [0.717, 1.165) is 12.2 Å². The molecule has 1 fully saturated rings. The maximum Gasteiger partial charge on any atom is 0.151 e. The molecule has 0 aromatic carbocycles. The second-order valence-corrected chi connectivity index (χ2v) is 2.33. The van der Waals surface area contributed by atoms with E-state index in [1.54, 1.807) is 0 Å². The quantitative estimate of drug-likeness (QED) is 0.491. The normalized spacial score (nSPS) is 30.4. The Morgan fingerprint density at radius 2 is 2.60 bits per heavy atom. The van der Waals surface area contributed by atoms with Crippen molar-refractivity contribution in [3.05, 3.63) is 23.9 Å². The summed E-state index contributed by atoms with van der Waals surface area (Å²) in [4.78, 5) is 0. The van der Waals surface area contributed by atoms with Gasteiger partial charge in [-0.05, 0) is 6.08 Å². The largest absolute Gasteiger partial charge is 0.363 e. The molecule has 1 atom stereocenters. The van der Waals surface area contributed by atoms with Crippen LogP contribution in [0.15, 0.2) is 23.9 Å². The molecular formula is C7H10N2O. The van der Waals surface area contributed by atoms with Crippen molar-refractivity contribution in [1.29, 1.82) is 0 Å². The van der Waals surface area contributed by atoms with Gasteiger partial charge in [-0.2, -0.15) is 0 Å². The van der Waals surface area contributed by atoms with Crippen molar-refractivity contribution in [1.82, 2.24) is 10.6 Å². The highest BCUT2D eigenvalue weighted by molar-refractivity contribution is 5.19. The SMILES string of the molecule is C1=CCNC2OCNC2=C1. The average Bonchev–Trinajstić information content (AvgIpc) is 2.28. The predicted octanol–water partition coefficient (Wildman–Crippen LogP) is -0.0669. The molecule has 2 N–H and O–H groups in total. The monoisotopic (exact) mass is 138 g/mol. The molecule has 0 saturated carbocycles. The van der Waals surface area contributed by atoms with E-state index >= 15 is 0 Å². The fraction of sp³-hybridized carbons (Fsp3) is 0.429. The third-order valence-electron chi connectivity index (χ3n) is 1.64. The minimum Gasteiger partial charge on any atom is -0.363 e. The maximum absolute atomic E-state index is 5.31. The van der Waals surface area contributed by atoms with Crippen molar-refractivity contribution in [3.8, 4) is 0 Å². The number of rotatable bonds is 0. The van der Waals surface area contributed by atoms with Crippen LogP contribution in [0.3, 0.4) is 0 Å². The summed E-state index contributed by atoms with van der Waals surface area (Å²) in [5, 5.41) is 6.33. The summed E-state index contributed by atoms with van der Waals surface area (Å²) >= 11 is 0. The molecule has 0 aromatic heterocycles. The number of hydrogen-bond donors (Lipinski definition) is 2. The fourth-order valence-corrected chi connectivity index (χ4v) is 1.12. The Bertz CT molecular complexity index is 186. The highest BCUT2D eigenvalue weighted by Crippen LogP contribution is 2.08. The van der Waals surface area contributed by atoms with Gasteiger partial charge in [-0.1, -0.05) is 12.2 Å². The summed E-state index contributed by atoms with van der Waals surface area (Å²) in [5.41, 5.74) is 1.13. The zero-order valence-corrected chi connectivity index (χ0v) is 5.63. The molecule has 1 saturated heterocycles. The van der Waals surface area contributed by atoms with E-state index in [1.807, 2.05) is 12.2 Å². The van der Waals surface area contributed by atoms with E-state index in [0.29, 0.717) is 6.73 Å². The van der Waals surface area contributed by atoms with Crippen molar-refractivity contribution >= 4 is 0 Å². The molecule has 0 radical (unpaired) electrons. The Balaban J connectivity index is 2.18. The first-order valence-corrected chi connectivity index (χ1v) is 3.42. The molecular weight excluding hydrogens is 128 g/mol. The molecule has 0 amide bonds. The van der Waals surface area contributed by atoms with Gasteiger partial charge in [0.15, 0.2) is 6.23 Å². The lowest BCUT2D eigenvalue weighted by molar-refractivity contribution is 0.0987. The van der Waals surface area contributed by atoms with Crippen LogP contribution < -0.4 is 10.6 Å². The molecule has 10 heavy (non-hydrogen) atoms. The van der Waals surface area contributed by atoms with Gasteiger partial charge < -0.3 is 10.1 Å². The summed E-state index contributed by atoms with van der Waals surface area (Å²) in [6, 6.07) is 0. The molecule has 3 nitrogen and oxygen atoms in total. The molecule has 2 rings (SSSR count). The zero-order valence-electron chi connectivity index (χ0n) is 5.63. The number of allylic oxidation sites excluding steroid dienone is 2. The van der Waals surface area contributed by atoms with Gasteiger partial charge in [0.05, 0.1) is 5.70 Å². The standard InChI is InChI=1S/C7H10N2O/c1-2-4-8-7-6(3-1)9-5-10-7/h1-3,7-9H,4-5H2. The van der Waals surface area contributed by atoms with Crippen LogP contribution in [0.25, 0.3) is 0 Å². The van der Waals surface area contributed by atoms with Gasteiger partial charge in [0.2, 0.25) is 0 Å². The topological polar surface area (TPSA) is 33.3 Å². The Hall–Kier alpha value is -0.800. The van der Waals surface area contributed by atoms with Gasteiger partial charge in [0, 0.05) is 6.54 Å². The van der Waals surface area contributed by atoms with Gasteiger partial charge >= 0.3 is 0 Å². The van der Waals surface area contributed by atoms with Gasteiger partial charge in [0.1, 0.15) is 6.73 Å². The van der Waals surface area contributed by atoms with E-state index in [1.165, 1.54) is 0 Å². The third kappa shape index (κ3) is 0.936. The lowest BCUT2D eigenvalue weighted by atomic mass is 10.4. The second-order valence-electron chi connectivity index (χ2n) is 2.33. The summed E-state index contributed by atoms with van der Waals surface area (Å²) < 4.78 is 5.31. The second kappa shape index (κ2) is 2.44. The van der Waals surface area contributed by atoms with Gasteiger partial charge in [-0.25, -0.2) is 0 Å². The lowest BCUT2D eigenvalue weighted by Gasteiger charge is -2.07. The highest BCUT2D eigenvalue weighted by atomic mass is 16.5. The van der Waals surface area contributed by atoms with Crippen LogP contribution in [0.2, 0.25) is 0 Å². The van der Waals surface area contributed by atoms with Gasteiger partial charge in [-0.15, -0.1) is 0 Å². The van der Waals surface area contributed by atoms with E-state index in [-0.39, 0.29) is 6.23 Å². The summed E-state index contributed by atoms with van der Waals surface area (Å²) in [6.45, 7) is 1.50. The van der Waals surface area contributed by atoms with E-state index < -0.39 is 0 Å². The minimum absolute atomic E-state index is 0.0926. The third-order valence-corrected chi connectivity index (χ3v) is 1.64. The summed E-state index contributed by atoms with van der Waals surface area (Å²) in [5.74, 6) is 0. The molecule has 1 unspecified atom stereocenters. The smallest absolute Gasteiger partial charge is 0.151 e. The zero-order chi connectivity index (χ0) is 6.81. The van der Waals surface area contributed by atoms with E-state index in [9.17, 15) is 0 Å². The molecule has 0 spiro atoms. The summed E-state index contributed by atoms with van der Waals surface area (Å²) in [6.07, 6.45) is 6.23. The van der Waals surface area contributed by atoms with Crippen LogP contribution in [0.1, 0.15) is 0 Å². The fourth-order valence-electron chi connectivity index (χ4n) is 1.12. The van der Waals surface area contributed by atoms with E-state index in [4.69, 9.17) is 4.74 Å². The molecule has 2 aliphatic rings. The number of ether oxygens (including phenoxy) is 1. The number of nitrogens with one attached hydrogen (secondary N) is 2. The predicted molar refractivity (Wildman–Crippen MR) is 38.1 cm³/mol. The molecule has 2 aliphatic heterocycles. The molecule has 54 valence electrons. The van der Waals surface area contributed by atoms with Gasteiger partial charge in [0.25, 0.3) is 0 Å². The molecule has 0 aromatic rings. The Labute approximate surface area is 59.8 Å². The number of hydrogen-bond acceptors (Lipinski definition) is 3. The maximum atomic E-state index is 5.31. The van der Waals surface area contributed by atoms with Crippen LogP contribution in [-0.4, -0.2) is 19.5 Å². The van der Waals surface area contributed by atoms with Crippen molar-refractivity contribution in [2.45, 2.75) is 6.23 Å². The molecule has 0 bridgehead atoms. The van der Waals surface area contributed by atoms with Crippen molar-refractivity contribution in [3.63, 3.8) is 0 Å². The van der Waals surface area contributed by atoms with Crippen LogP contribution in [-0.2, 0) is 4.74 Å². The van der Waals surface area contributed by atoms with Crippen molar-refractivity contribution in [2.75, 3.05) is 13.3 Å². The van der Waals surface area contributed by atoms with Crippen LogP contribution >= 0.6 is 0 Å². The van der Waals surface area contributed by atoms with Crippen LogP contribution in [0.5, 0.6) is 0 Å². The number of fused-ring (bicyclic) bond motifs is 1. The van der Waals surface area contributed by atoms with Crippen molar-refractivity contribution in [2.24, 2.45) is 0 Å². The summed E-state index contributed by atoms with van der Waals surface area (Å²) in [7, 11) is 0. The first-order valence-electron chi connectivity index (χ1n) is 3.42. The first kappa shape index (κ1) is 5.95. The van der Waals surface area contributed by atoms with Crippen molar-refractivity contribution < 1.29 is 4.74 Å². The average molecular weight is 138 g/mol. The van der Waals surface area contributed by atoms with Gasteiger partial charge in [-0.3, -0.25) is 5.32 Å². The Kier molecular flexibility index (Phi) is 1.45. The van der Waals surface area contributed by atoms with Crippen LogP contribution in [0, 0.1) is 0 Å². The van der Waals surface area contributed by atoms with Crippen LogP contribution in [0.4, 0.5) is 0 Å².